The molecule has 0 N–H and O–H groups in total. The van der Waals surface area contributed by atoms with E-state index >= 15 is 0 Å². The minimum atomic E-state index is 0.0343. The second kappa shape index (κ2) is 8.80. The molecule has 1 aliphatic carbocycles. The lowest BCUT2D eigenvalue weighted by Crippen LogP contribution is -2.32. The fraction of sp³-hybridized carbons (Fsp3) is 0.308. The largest absolute Gasteiger partial charge is 0.497 e. The highest BCUT2D eigenvalue weighted by Gasteiger charge is 2.32. The summed E-state index contributed by atoms with van der Waals surface area (Å²) in [5.74, 6) is 1.75. The fourth-order valence-electron chi connectivity index (χ4n) is 3.75. The highest BCUT2D eigenvalue weighted by molar-refractivity contribution is 5.92. The number of pyridine rings is 1. The first-order valence-electron chi connectivity index (χ1n) is 10.6. The van der Waals surface area contributed by atoms with Gasteiger partial charge in [-0.05, 0) is 61.2 Å². The normalized spacial score (nSPS) is 13.5. The number of fused-ring (bicyclic) bond motifs is 1. The summed E-state index contributed by atoms with van der Waals surface area (Å²) in [6.07, 6.45) is 5.65. The summed E-state index contributed by atoms with van der Waals surface area (Å²) in [5, 5.41) is 1.10. The highest BCUT2D eigenvalue weighted by Crippen LogP contribution is 2.31. The third-order valence-corrected chi connectivity index (χ3v) is 5.60. The Labute approximate surface area is 184 Å². The van der Waals surface area contributed by atoms with Gasteiger partial charge in [0.25, 0.3) is 0 Å². The molecule has 4 rings (SSSR count). The van der Waals surface area contributed by atoms with Gasteiger partial charge in [-0.1, -0.05) is 24.3 Å². The van der Waals surface area contributed by atoms with Crippen molar-refractivity contribution < 1.29 is 9.53 Å². The van der Waals surface area contributed by atoms with Crippen LogP contribution in [0.3, 0.4) is 0 Å². The Bertz CT molecular complexity index is 1120. The van der Waals surface area contributed by atoms with Gasteiger partial charge in [0, 0.05) is 43.7 Å². The maximum Gasteiger partial charge on any atom is 0.247 e. The predicted molar refractivity (Wildman–Crippen MR) is 126 cm³/mol. The van der Waals surface area contributed by atoms with E-state index in [0.29, 0.717) is 12.6 Å². The Morgan fingerprint density at radius 3 is 2.52 bits per heavy atom. The molecule has 0 atom stereocenters. The summed E-state index contributed by atoms with van der Waals surface area (Å²) in [7, 11) is 5.65. The Morgan fingerprint density at radius 1 is 1.13 bits per heavy atom. The van der Waals surface area contributed by atoms with E-state index in [0.717, 1.165) is 46.4 Å². The summed E-state index contributed by atoms with van der Waals surface area (Å²) in [6.45, 7) is 2.63. The first-order chi connectivity index (χ1) is 14.9. The van der Waals surface area contributed by atoms with E-state index < -0.39 is 0 Å². The average Bonchev–Trinajstić information content (AvgIpc) is 3.60. The molecule has 0 saturated heterocycles. The molecular weight excluding hydrogens is 386 g/mol. The molecular formula is C26H29N3O2. The molecule has 1 fully saturated rings. The molecule has 1 amide bonds. The Morgan fingerprint density at radius 2 is 1.87 bits per heavy atom. The Hall–Kier alpha value is -3.34. The van der Waals surface area contributed by atoms with E-state index in [2.05, 4.69) is 31.2 Å². The van der Waals surface area contributed by atoms with Crippen LogP contribution < -0.4 is 9.64 Å². The van der Waals surface area contributed by atoms with Gasteiger partial charge in [0.1, 0.15) is 11.6 Å². The van der Waals surface area contributed by atoms with Crippen molar-refractivity contribution >= 4 is 28.7 Å². The lowest BCUT2D eigenvalue weighted by molar-refractivity contribution is -0.127. The zero-order valence-corrected chi connectivity index (χ0v) is 18.6. The van der Waals surface area contributed by atoms with E-state index in [1.54, 1.807) is 13.2 Å². The Balaban J connectivity index is 1.59. The van der Waals surface area contributed by atoms with Gasteiger partial charge in [0.15, 0.2) is 0 Å². The summed E-state index contributed by atoms with van der Waals surface area (Å²) in [6, 6.07) is 16.5. The SMILES string of the molecule is COc1ccc(/C=C/C(=O)N(Cc2cc3ccc(C)cc3nc2N(C)C)C2CC2)cc1. The zero-order chi connectivity index (χ0) is 22.0. The van der Waals surface area contributed by atoms with E-state index in [-0.39, 0.29) is 5.91 Å². The van der Waals surface area contributed by atoms with Gasteiger partial charge in [-0.25, -0.2) is 4.98 Å². The number of methoxy groups -OCH3 is 1. The molecule has 1 heterocycles. The van der Waals surface area contributed by atoms with Crippen molar-refractivity contribution in [3.63, 3.8) is 0 Å². The molecule has 0 radical (unpaired) electrons. The van der Waals surface area contributed by atoms with Crippen LogP contribution in [0.1, 0.15) is 29.5 Å². The molecule has 2 aromatic carbocycles. The maximum atomic E-state index is 13.1. The van der Waals surface area contributed by atoms with E-state index in [9.17, 15) is 4.79 Å². The van der Waals surface area contributed by atoms with Crippen molar-refractivity contribution in [2.24, 2.45) is 0 Å². The van der Waals surface area contributed by atoms with Gasteiger partial charge < -0.3 is 14.5 Å². The van der Waals surface area contributed by atoms with E-state index in [4.69, 9.17) is 9.72 Å². The molecule has 3 aromatic rings. The van der Waals surface area contributed by atoms with Crippen LogP contribution in [0.15, 0.2) is 54.6 Å². The van der Waals surface area contributed by atoms with Crippen LogP contribution in [-0.2, 0) is 11.3 Å². The molecule has 0 aliphatic heterocycles. The zero-order valence-electron chi connectivity index (χ0n) is 18.6. The monoisotopic (exact) mass is 415 g/mol. The first kappa shape index (κ1) is 20.9. The van der Waals surface area contributed by atoms with Gasteiger partial charge in [-0.3, -0.25) is 4.79 Å². The van der Waals surface area contributed by atoms with Gasteiger partial charge in [0.05, 0.1) is 12.6 Å². The molecule has 0 unspecified atom stereocenters. The lowest BCUT2D eigenvalue weighted by atomic mass is 10.1. The number of aryl methyl sites for hydroxylation is 1. The van der Waals surface area contributed by atoms with E-state index in [1.165, 1.54) is 5.56 Å². The summed E-state index contributed by atoms with van der Waals surface area (Å²) >= 11 is 0. The number of anilines is 1. The number of carbonyl (C=O) groups excluding carboxylic acids is 1. The molecule has 1 aromatic heterocycles. The quantitative estimate of drug-likeness (QED) is 0.519. The standard InChI is InChI=1S/C26H29N3O2/c1-18-5-9-20-16-21(26(28(2)3)27-24(20)15-18)17-29(22-10-11-22)25(30)14-8-19-6-12-23(31-4)13-7-19/h5-9,12-16,22H,10-11,17H2,1-4H3/b14-8+. The summed E-state index contributed by atoms with van der Waals surface area (Å²) in [4.78, 5) is 22.0. The third-order valence-electron chi connectivity index (χ3n) is 5.60. The number of amides is 1. The highest BCUT2D eigenvalue weighted by atomic mass is 16.5. The topological polar surface area (TPSA) is 45.7 Å². The lowest BCUT2D eigenvalue weighted by Gasteiger charge is -2.24. The minimum Gasteiger partial charge on any atom is -0.497 e. The minimum absolute atomic E-state index is 0.0343. The fourth-order valence-corrected chi connectivity index (χ4v) is 3.75. The van der Waals surface area contributed by atoms with Crippen molar-refractivity contribution in [3.8, 4) is 5.75 Å². The predicted octanol–water partition coefficient (Wildman–Crippen LogP) is 4.82. The second-order valence-electron chi connectivity index (χ2n) is 8.37. The molecule has 160 valence electrons. The number of ether oxygens (including phenoxy) is 1. The third kappa shape index (κ3) is 4.88. The van der Waals surface area contributed by atoms with Crippen LogP contribution in [0, 0.1) is 6.92 Å². The van der Waals surface area contributed by atoms with Gasteiger partial charge in [-0.15, -0.1) is 0 Å². The van der Waals surface area contributed by atoms with Crippen molar-refractivity contribution in [2.45, 2.75) is 32.4 Å². The number of hydrogen-bond acceptors (Lipinski definition) is 4. The molecule has 5 heteroatoms. The van der Waals surface area contributed by atoms with Crippen LogP contribution in [-0.4, -0.2) is 43.0 Å². The average molecular weight is 416 g/mol. The van der Waals surface area contributed by atoms with Gasteiger partial charge in [-0.2, -0.15) is 0 Å². The molecule has 5 nitrogen and oxygen atoms in total. The van der Waals surface area contributed by atoms with Crippen molar-refractivity contribution in [2.75, 3.05) is 26.1 Å². The first-order valence-corrected chi connectivity index (χ1v) is 10.6. The molecule has 0 bridgehead atoms. The number of hydrogen-bond donors (Lipinski definition) is 0. The number of nitrogens with zero attached hydrogens (tertiary/aromatic N) is 3. The molecule has 31 heavy (non-hydrogen) atoms. The van der Waals surface area contributed by atoms with Crippen LogP contribution in [0.4, 0.5) is 5.82 Å². The maximum absolute atomic E-state index is 13.1. The van der Waals surface area contributed by atoms with Crippen LogP contribution in [0.2, 0.25) is 0 Å². The van der Waals surface area contributed by atoms with Crippen molar-refractivity contribution in [3.05, 3.63) is 71.3 Å². The molecule has 1 saturated carbocycles. The number of rotatable bonds is 7. The van der Waals surface area contributed by atoms with Crippen molar-refractivity contribution in [1.29, 1.82) is 0 Å². The number of benzene rings is 2. The van der Waals surface area contributed by atoms with Crippen LogP contribution in [0.25, 0.3) is 17.0 Å². The molecule has 0 spiro atoms. The van der Waals surface area contributed by atoms with Crippen molar-refractivity contribution in [1.82, 2.24) is 9.88 Å². The van der Waals surface area contributed by atoms with Gasteiger partial charge >= 0.3 is 0 Å². The number of aromatic nitrogens is 1. The Kier molecular flexibility index (Phi) is 5.94. The number of carbonyl (C=O) groups is 1. The van der Waals surface area contributed by atoms with Crippen LogP contribution in [0.5, 0.6) is 5.75 Å². The molecule has 1 aliphatic rings. The van der Waals surface area contributed by atoms with Gasteiger partial charge in [0.2, 0.25) is 5.91 Å². The smallest absolute Gasteiger partial charge is 0.247 e. The van der Waals surface area contributed by atoms with Crippen LogP contribution >= 0.6 is 0 Å². The van der Waals surface area contributed by atoms with E-state index in [1.807, 2.05) is 54.2 Å². The second-order valence-corrected chi connectivity index (χ2v) is 8.37. The summed E-state index contributed by atoms with van der Waals surface area (Å²) < 4.78 is 5.20. The summed E-state index contributed by atoms with van der Waals surface area (Å²) in [5.41, 5.74) is 4.22.